The summed E-state index contributed by atoms with van der Waals surface area (Å²) in [5.41, 5.74) is 16.5. The van der Waals surface area contributed by atoms with E-state index < -0.39 is 0 Å². The van der Waals surface area contributed by atoms with Gasteiger partial charge < -0.3 is 66.4 Å². The van der Waals surface area contributed by atoms with E-state index in [1.807, 2.05) is 91.9 Å². The van der Waals surface area contributed by atoms with Gasteiger partial charge in [-0.3, -0.25) is 0 Å². The number of aryl methyl sites for hydroxylation is 3. The normalized spacial score (nSPS) is 10.9. The number of para-hydroxylation sites is 2. The average Bonchev–Trinajstić information content (AvgIpc) is 0.820. The number of phenolic OH excluding ortho intramolecular Hbond substituents is 13. The lowest BCUT2D eigenvalue weighted by Gasteiger charge is -2.16. The standard InChI is InChI=1S/C35H32O4.C28H26O7.C21H20O2/c1-23-2-4-25(5-3-23)17-29-19-27(9-14-33(29)37)21-31-22-28(10-15-35(31)39)20-30-18-26(8-13-34(30)38)16-24-6-11-32(36)12-7-24;1-15-5-6-16(26(33)11-15)12-20-24(31)10-8-18(28(20)35)14-21-25(32)9-7-17(27(21)34)13-19-22(29)3-2-4-23(19)30;1-15-9-11-16(12-10-15)13-18-6-4-7-19(21(18)23)14-17-5-2-3-8-20(17)22/h2-15,18-19,22,36-39H,16-17,20-21H2,1H3;2-11,29-35H,12-14H2,1H3;2-12,22-23H,13-14H2,1H3. The zero-order valence-electron chi connectivity index (χ0n) is 54.1. The van der Waals surface area contributed by atoms with Crippen LogP contribution in [-0.2, 0) is 57.8 Å². The van der Waals surface area contributed by atoms with Gasteiger partial charge >= 0.3 is 0 Å². The van der Waals surface area contributed by atoms with Crippen molar-refractivity contribution in [3.63, 3.8) is 0 Å². The van der Waals surface area contributed by atoms with Crippen molar-refractivity contribution >= 4 is 0 Å². The molecule has 12 rings (SSSR count). The van der Waals surface area contributed by atoms with Gasteiger partial charge in [0.1, 0.15) is 74.7 Å². The topological polar surface area (TPSA) is 263 Å². The zero-order valence-corrected chi connectivity index (χ0v) is 54.1. The van der Waals surface area contributed by atoms with Crippen molar-refractivity contribution in [1.82, 2.24) is 0 Å². The fourth-order valence-electron chi connectivity index (χ4n) is 11.7. The number of aromatic hydroxyl groups is 13. The molecule has 97 heavy (non-hydrogen) atoms. The second-order valence-electron chi connectivity index (χ2n) is 24.7. The maximum Gasteiger partial charge on any atom is 0.126 e. The van der Waals surface area contributed by atoms with Crippen molar-refractivity contribution in [3.8, 4) is 74.7 Å². The average molecular weight is 1300 g/mol. The third-order valence-electron chi connectivity index (χ3n) is 17.3. The molecule has 12 aromatic carbocycles. The van der Waals surface area contributed by atoms with Crippen LogP contribution in [0.1, 0.15) is 117 Å². The van der Waals surface area contributed by atoms with E-state index >= 15 is 0 Å². The van der Waals surface area contributed by atoms with Gasteiger partial charge in [-0.2, -0.15) is 0 Å². The Labute approximate surface area is 564 Å². The zero-order chi connectivity index (χ0) is 68.9. The van der Waals surface area contributed by atoms with Crippen LogP contribution < -0.4 is 0 Å². The van der Waals surface area contributed by atoms with E-state index in [-0.39, 0.29) is 105 Å². The summed E-state index contributed by atoms with van der Waals surface area (Å²) in [6.07, 6.45) is 3.61. The molecule has 0 atom stereocenters. The molecule has 0 heterocycles. The lowest BCUT2D eigenvalue weighted by atomic mass is 9.93. The van der Waals surface area contributed by atoms with Gasteiger partial charge in [0.15, 0.2) is 0 Å². The summed E-state index contributed by atoms with van der Waals surface area (Å²) in [5.74, 6) is 0.528. The quantitative estimate of drug-likeness (QED) is 0.0382. The number of rotatable bonds is 18. The molecule has 0 aliphatic carbocycles. The van der Waals surface area contributed by atoms with Crippen LogP contribution in [0.15, 0.2) is 231 Å². The van der Waals surface area contributed by atoms with E-state index in [0.717, 1.165) is 66.8 Å². The second-order valence-corrected chi connectivity index (χ2v) is 24.7. The SMILES string of the molecule is Cc1ccc(Cc2c(O)ccc(Cc3c(O)ccc(Cc4c(O)cccc4O)c3O)c2O)c(O)c1.Cc1ccc(Cc2cc(Cc3cc(Cc4cc(Cc5ccc(O)cc5)ccc4O)ccc3O)ccc2O)cc1.Cc1ccc(Cc2cccc(Cc3ccccc3O)c2O)cc1. The minimum absolute atomic E-state index is 0.0110. The Kier molecular flexibility index (Phi) is 21.6. The molecule has 13 heteroatoms. The molecular weight excluding hydrogens is 1220 g/mol. The van der Waals surface area contributed by atoms with Gasteiger partial charge in [-0.1, -0.05) is 175 Å². The molecule has 0 aliphatic heterocycles. The summed E-state index contributed by atoms with van der Waals surface area (Å²) < 4.78 is 0. The summed E-state index contributed by atoms with van der Waals surface area (Å²) in [5, 5.41) is 135. The fraction of sp³-hybridized carbons (Fsp3) is 0.143. The van der Waals surface area contributed by atoms with E-state index in [1.165, 1.54) is 59.2 Å². The second kappa shape index (κ2) is 30.9. The number of benzene rings is 12. The summed E-state index contributed by atoms with van der Waals surface area (Å²) in [6, 6.07) is 68.9. The first-order valence-electron chi connectivity index (χ1n) is 31.8. The van der Waals surface area contributed by atoms with Gasteiger partial charge in [0.25, 0.3) is 0 Å². The van der Waals surface area contributed by atoms with Gasteiger partial charge in [-0.05, 0) is 183 Å². The van der Waals surface area contributed by atoms with Crippen LogP contribution >= 0.6 is 0 Å². The maximum absolute atomic E-state index is 10.9. The molecule has 12 aromatic rings. The molecule has 13 nitrogen and oxygen atoms in total. The van der Waals surface area contributed by atoms with Gasteiger partial charge in [0.05, 0.1) is 0 Å². The maximum atomic E-state index is 10.9. The third-order valence-corrected chi connectivity index (χ3v) is 17.3. The molecule has 0 unspecified atom stereocenters. The van der Waals surface area contributed by atoms with E-state index in [9.17, 15) is 66.4 Å². The molecule has 0 fully saturated rings. The van der Waals surface area contributed by atoms with Crippen LogP contribution in [0.2, 0.25) is 0 Å². The molecule has 0 aliphatic rings. The molecule has 0 amide bonds. The molecule has 0 bridgehead atoms. The summed E-state index contributed by atoms with van der Waals surface area (Å²) >= 11 is 0. The highest BCUT2D eigenvalue weighted by Crippen LogP contribution is 2.42. The highest BCUT2D eigenvalue weighted by molar-refractivity contribution is 5.59. The van der Waals surface area contributed by atoms with Crippen LogP contribution in [0.5, 0.6) is 74.7 Å². The summed E-state index contributed by atoms with van der Waals surface area (Å²) in [4.78, 5) is 0. The van der Waals surface area contributed by atoms with Gasteiger partial charge in [0.2, 0.25) is 0 Å². The largest absolute Gasteiger partial charge is 0.508 e. The van der Waals surface area contributed by atoms with Crippen LogP contribution in [0.4, 0.5) is 0 Å². The highest BCUT2D eigenvalue weighted by Gasteiger charge is 2.21. The molecular formula is C84H78O13. The van der Waals surface area contributed by atoms with Crippen molar-refractivity contribution < 1.29 is 66.4 Å². The van der Waals surface area contributed by atoms with Crippen molar-refractivity contribution in [2.75, 3.05) is 0 Å². The molecule has 492 valence electrons. The molecule has 0 radical (unpaired) electrons. The van der Waals surface area contributed by atoms with Crippen molar-refractivity contribution in [1.29, 1.82) is 0 Å². The Balaban J connectivity index is 0.000000163. The molecule has 0 spiro atoms. The monoisotopic (exact) mass is 1290 g/mol. The van der Waals surface area contributed by atoms with E-state index in [0.29, 0.717) is 61.0 Å². The predicted octanol–water partition coefficient (Wildman–Crippen LogP) is 16.5. The minimum atomic E-state index is -0.238. The third kappa shape index (κ3) is 17.6. The lowest BCUT2D eigenvalue weighted by molar-refractivity contribution is 0.428. The Morgan fingerprint density at radius 2 is 0.495 bits per heavy atom. The van der Waals surface area contributed by atoms with Gasteiger partial charge in [-0.25, -0.2) is 0 Å². The van der Waals surface area contributed by atoms with Gasteiger partial charge in [0, 0.05) is 68.1 Å². The Morgan fingerprint density at radius 1 is 0.186 bits per heavy atom. The number of phenols is 13. The van der Waals surface area contributed by atoms with Crippen molar-refractivity contribution in [2.24, 2.45) is 0 Å². The Morgan fingerprint density at radius 3 is 0.990 bits per heavy atom. The molecule has 0 saturated heterocycles. The minimum Gasteiger partial charge on any atom is -0.508 e. The summed E-state index contributed by atoms with van der Waals surface area (Å²) in [7, 11) is 0. The van der Waals surface area contributed by atoms with E-state index in [4.69, 9.17) is 0 Å². The molecule has 0 aromatic heterocycles. The Hall–Kier alpha value is -12.0. The van der Waals surface area contributed by atoms with E-state index in [2.05, 4.69) is 62.4 Å². The van der Waals surface area contributed by atoms with Crippen molar-refractivity contribution in [2.45, 2.75) is 78.6 Å². The number of hydrogen-bond donors (Lipinski definition) is 13. The molecule has 13 N–H and O–H groups in total. The smallest absolute Gasteiger partial charge is 0.126 e. The van der Waals surface area contributed by atoms with E-state index in [1.54, 1.807) is 54.6 Å². The fourth-order valence-corrected chi connectivity index (χ4v) is 11.7. The Bertz CT molecular complexity index is 4710. The number of hydrogen-bond acceptors (Lipinski definition) is 13. The predicted molar refractivity (Wildman–Crippen MR) is 378 cm³/mol. The lowest BCUT2D eigenvalue weighted by Crippen LogP contribution is -1.99. The molecule has 0 saturated carbocycles. The van der Waals surface area contributed by atoms with Crippen LogP contribution in [0.25, 0.3) is 0 Å². The van der Waals surface area contributed by atoms with Crippen LogP contribution in [0.3, 0.4) is 0 Å². The van der Waals surface area contributed by atoms with Crippen LogP contribution in [-0.4, -0.2) is 66.4 Å². The first-order chi connectivity index (χ1) is 46.6. The first kappa shape index (κ1) is 67.9. The summed E-state index contributed by atoms with van der Waals surface area (Å²) in [6.45, 7) is 5.96. The van der Waals surface area contributed by atoms with Gasteiger partial charge in [-0.15, -0.1) is 0 Å². The van der Waals surface area contributed by atoms with Crippen LogP contribution in [0, 0.1) is 20.8 Å². The van der Waals surface area contributed by atoms with Crippen molar-refractivity contribution in [3.05, 3.63) is 347 Å². The first-order valence-corrected chi connectivity index (χ1v) is 31.8. The highest BCUT2D eigenvalue weighted by atomic mass is 16.3.